The first-order valence-corrected chi connectivity index (χ1v) is 8.40. The Morgan fingerprint density at radius 3 is 2.65 bits per heavy atom. The summed E-state index contributed by atoms with van der Waals surface area (Å²) < 4.78 is 10.5. The lowest BCUT2D eigenvalue weighted by Gasteiger charge is -2.06. The van der Waals surface area contributed by atoms with Crippen LogP contribution in [0.15, 0.2) is 0 Å². The van der Waals surface area contributed by atoms with Crippen LogP contribution < -0.4 is 10.1 Å². The van der Waals surface area contributed by atoms with Crippen molar-refractivity contribution < 1.29 is 14.3 Å². The van der Waals surface area contributed by atoms with E-state index < -0.39 is 0 Å². The van der Waals surface area contributed by atoms with Crippen molar-refractivity contribution in [3.63, 3.8) is 0 Å². The van der Waals surface area contributed by atoms with E-state index in [2.05, 4.69) is 29.1 Å². The molecule has 0 saturated heterocycles. The van der Waals surface area contributed by atoms with Crippen LogP contribution in [-0.2, 0) is 11.3 Å². The zero-order valence-corrected chi connectivity index (χ0v) is 15.0. The van der Waals surface area contributed by atoms with Crippen molar-refractivity contribution in [1.29, 1.82) is 0 Å². The van der Waals surface area contributed by atoms with Crippen molar-refractivity contribution in [2.45, 2.75) is 33.8 Å². The van der Waals surface area contributed by atoms with Crippen LogP contribution in [-0.4, -0.2) is 36.6 Å². The molecule has 0 radical (unpaired) electrons. The van der Waals surface area contributed by atoms with E-state index in [-0.39, 0.29) is 5.91 Å². The molecule has 7 heteroatoms. The monoisotopic (exact) mass is 337 g/mol. The highest BCUT2D eigenvalue weighted by atomic mass is 32.1. The Balaban J connectivity index is 2.34. The van der Waals surface area contributed by atoms with Gasteiger partial charge < -0.3 is 14.8 Å². The number of hydrogen-bond acceptors (Lipinski definition) is 6. The van der Waals surface area contributed by atoms with Gasteiger partial charge in [-0.2, -0.15) is 4.98 Å². The van der Waals surface area contributed by atoms with Gasteiger partial charge in [-0.1, -0.05) is 13.8 Å². The third-order valence-electron chi connectivity index (χ3n) is 3.48. The van der Waals surface area contributed by atoms with Crippen LogP contribution in [0.5, 0.6) is 5.88 Å². The lowest BCUT2D eigenvalue weighted by Crippen LogP contribution is -2.25. The molecule has 2 heterocycles. The highest BCUT2D eigenvalue weighted by molar-refractivity contribution is 7.20. The smallest absolute Gasteiger partial charge is 0.261 e. The van der Waals surface area contributed by atoms with Gasteiger partial charge in [0.05, 0.1) is 17.4 Å². The van der Waals surface area contributed by atoms with Crippen LogP contribution in [0.25, 0.3) is 10.2 Å². The largest absolute Gasteiger partial charge is 0.480 e. The molecule has 126 valence electrons. The topological polar surface area (TPSA) is 73.3 Å². The van der Waals surface area contributed by atoms with E-state index in [1.807, 2.05) is 6.92 Å². The number of rotatable bonds is 7. The highest BCUT2D eigenvalue weighted by Gasteiger charge is 2.20. The molecule has 6 nitrogen and oxygen atoms in total. The summed E-state index contributed by atoms with van der Waals surface area (Å²) in [6, 6.07) is 0. The number of carbonyl (C=O) groups is 1. The first kappa shape index (κ1) is 17.6. The molecule has 0 aliphatic carbocycles. The third-order valence-corrected chi connectivity index (χ3v) is 4.67. The Bertz CT molecular complexity index is 697. The number of nitrogens with zero attached hydrogens (tertiary/aromatic N) is 2. The summed E-state index contributed by atoms with van der Waals surface area (Å²) in [6.07, 6.45) is 0.955. The molecule has 2 rings (SSSR count). The average molecular weight is 337 g/mol. The second-order valence-electron chi connectivity index (χ2n) is 5.76. The van der Waals surface area contributed by atoms with E-state index in [0.717, 1.165) is 22.2 Å². The number of hydrogen-bond donors (Lipinski definition) is 1. The van der Waals surface area contributed by atoms with Crippen LogP contribution >= 0.6 is 11.3 Å². The average Bonchev–Trinajstić information content (AvgIpc) is 2.83. The zero-order chi connectivity index (χ0) is 17.0. The van der Waals surface area contributed by atoms with Crippen LogP contribution in [0.2, 0.25) is 0 Å². The van der Waals surface area contributed by atoms with Gasteiger partial charge in [-0.15, -0.1) is 11.3 Å². The van der Waals surface area contributed by atoms with Crippen molar-refractivity contribution in [2.24, 2.45) is 5.92 Å². The van der Waals surface area contributed by atoms with Gasteiger partial charge in [0.2, 0.25) is 5.88 Å². The minimum atomic E-state index is -0.0681. The Hall–Kier alpha value is -1.73. The molecule has 0 aromatic carbocycles. The fraction of sp³-hybridized carbons (Fsp3) is 0.562. The van der Waals surface area contributed by atoms with Crippen molar-refractivity contribution >= 4 is 27.5 Å². The van der Waals surface area contributed by atoms with Gasteiger partial charge in [-0.25, -0.2) is 4.98 Å². The maximum absolute atomic E-state index is 12.4. The maximum atomic E-state index is 12.4. The third kappa shape index (κ3) is 3.97. The van der Waals surface area contributed by atoms with E-state index in [4.69, 9.17) is 9.47 Å². The molecule has 0 saturated carbocycles. The number of methoxy groups -OCH3 is 2. The number of carbonyl (C=O) groups excluding carboxylic acids is 1. The fourth-order valence-electron chi connectivity index (χ4n) is 2.26. The van der Waals surface area contributed by atoms with E-state index in [0.29, 0.717) is 35.7 Å². The summed E-state index contributed by atoms with van der Waals surface area (Å²) in [5, 5.41) is 3.76. The molecule has 2 aromatic heterocycles. The van der Waals surface area contributed by atoms with Gasteiger partial charge in [0, 0.05) is 13.7 Å². The van der Waals surface area contributed by atoms with Gasteiger partial charge >= 0.3 is 0 Å². The van der Waals surface area contributed by atoms with E-state index in [1.165, 1.54) is 11.3 Å². The number of aromatic nitrogens is 2. The van der Waals surface area contributed by atoms with E-state index in [1.54, 1.807) is 14.2 Å². The first-order chi connectivity index (χ1) is 11.0. The number of fused-ring (bicyclic) bond motifs is 1. The molecule has 0 spiro atoms. The lowest BCUT2D eigenvalue weighted by molar-refractivity contribution is 0.0955. The first-order valence-electron chi connectivity index (χ1n) is 7.59. The molecule has 0 aliphatic rings. The number of ether oxygens (including phenoxy) is 2. The zero-order valence-electron chi connectivity index (χ0n) is 14.2. The van der Waals surface area contributed by atoms with Crippen LogP contribution in [0.3, 0.4) is 0 Å². The summed E-state index contributed by atoms with van der Waals surface area (Å²) in [4.78, 5) is 22.6. The summed E-state index contributed by atoms with van der Waals surface area (Å²) in [6.45, 7) is 7.14. The summed E-state index contributed by atoms with van der Waals surface area (Å²) in [5.41, 5.74) is 0.855. The SMILES string of the molecule is COCc1nc(OC)c2c(C)c(C(=O)NCCC(C)C)sc2n1. The molecule has 1 amide bonds. The highest BCUT2D eigenvalue weighted by Crippen LogP contribution is 2.34. The van der Waals surface area contributed by atoms with Crippen LogP contribution in [0, 0.1) is 12.8 Å². The minimum Gasteiger partial charge on any atom is -0.480 e. The van der Waals surface area contributed by atoms with Gasteiger partial charge in [0.1, 0.15) is 11.4 Å². The fourth-order valence-corrected chi connectivity index (χ4v) is 3.36. The van der Waals surface area contributed by atoms with Crippen molar-refractivity contribution in [3.8, 4) is 5.88 Å². The Morgan fingerprint density at radius 1 is 1.30 bits per heavy atom. The second-order valence-corrected chi connectivity index (χ2v) is 6.76. The van der Waals surface area contributed by atoms with Crippen molar-refractivity contribution in [1.82, 2.24) is 15.3 Å². The van der Waals surface area contributed by atoms with Crippen LogP contribution in [0.1, 0.15) is 41.3 Å². The second kappa shape index (κ2) is 7.70. The van der Waals surface area contributed by atoms with Crippen LogP contribution in [0.4, 0.5) is 0 Å². The number of aryl methyl sites for hydroxylation is 1. The number of nitrogens with one attached hydrogen (secondary N) is 1. The molecule has 0 bridgehead atoms. The molecule has 0 fully saturated rings. The Labute approximate surface area is 140 Å². The summed E-state index contributed by atoms with van der Waals surface area (Å²) in [5.74, 6) is 1.52. The molecule has 0 atom stereocenters. The molecule has 1 N–H and O–H groups in total. The van der Waals surface area contributed by atoms with Crippen molar-refractivity contribution in [3.05, 3.63) is 16.3 Å². The predicted octanol–water partition coefficient (Wildman–Crippen LogP) is 2.93. The normalized spacial score (nSPS) is 11.2. The summed E-state index contributed by atoms with van der Waals surface area (Å²) in [7, 11) is 3.16. The molecular formula is C16H23N3O3S. The minimum absolute atomic E-state index is 0.0681. The maximum Gasteiger partial charge on any atom is 0.261 e. The Morgan fingerprint density at radius 2 is 2.04 bits per heavy atom. The molecule has 0 aliphatic heterocycles. The molecular weight excluding hydrogens is 314 g/mol. The number of amides is 1. The van der Waals surface area contributed by atoms with Gasteiger partial charge in [0.25, 0.3) is 5.91 Å². The quantitative estimate of drug-likeness (QED) is 0.841. The van der Waals surface area contributed by atoms with Gasteiger partial charge in [-0.05, 0) is 24.8 Å². The predicted molar refractivity (Wildman–Crippen MR) is 91.2 cm³/mol. The standard InChI is InChI=1S/C16H23N3O3S/c1-9(2)6-7-17-14(20)13-10(3)12-15(22-5)18-11(8-21-4)19-16(12)23-13/h9H,6-8H2,1-5H3,(H,17,20). The van der Waals surface area contributed by atoms with Gasteiger partial charge in [-0.3, -0.25) is 4.79 Å². The molecule has 0 unspecified atom stereocenters. The molecule has 2 aromatic rings. The van der Waals surface area contributed by atoms with Crippen molar-refractivity contribution in [2.75, 3.05) is 20.8 Å². The van der Waals surface area contributed by atoms with E-state index in [9.17, 15) is 4.79 Å². The Kier molecular flexibility index (Phi) is 5.90. The number of thiophene rings is 1. The molecule has 23 heavy (non-hydrogen) atoms. The van der Waals surface area contributed by atoms with E-state index >= 15 is 0 Å². The summed E-state index contributed by atoms with van der Waals surface area (Å²) >= 11 is 1.36. The van der Waals surface area contributed by atoms with Gasteiger partial charge in [0.15, 0.2) is 5.82 Å². The lowest BCUT2D eigenvalue weighted by atomic mass is 10.1.